The van der Waals surface area contributed by atoms with Crippen LogP contribution in [-0.4, -0.2) is 29.5 Å². The normalized spacial score (nSPS) is 11.9. The van der Waals surface area contributed by atoms with Crippen molar-refractivity contribution in [3.63, 3.8) is 0 Å². The Morgan fingerprint density at radius 2 is 2.07 bits per heavy atom. The van der Waals surface area contributed by atoms with Gasteiger partial charge in [0.25, 0.3) is 0 Å². The van der Waals surface area contributed by atoms with Crippen molar-refractivity contribution in [1.82, 2.24) is 5.32 Å². The Bertz CT molecular complexity index is 209. The van der Waals surface area contributed by atoms with Crippen LogP contribution >= 0.6 is 22.6 Å². The third-order valence-corrected chi connectivity index (χ3v) is 2.89. The van der Waals surface area contributed by atoms with Crippen LogP contribution in [0.2, 0.25) is 0 Å². The molecule has 0 aromatic heterocycles. The molecule has 0 aromatic rings. The lowest BCUT2D eigenvalue weighted by atomic mass is 10.2. The molecule has 0 aromatic carbocycles. The minimum absolute atomic E-state index is 0.00835. The van der Waals surface area contributed by atoms with E-state index in [1.165, 1.54) is 7.11 Å². The first-order valence-electron chi connectivity index (χ1n) is 5.10. The number of methoxy groups -OCH3 is 1. The first kappa shape index (κ1) is 14.7. The van der Waals surface area contributed by atoms with E-state index in [-0.39, 0.29) is 15.8 Å². The lowest BCUT2D eigenvalue weighted by Crippen LogP contribution is -2.33. The summed E-state index contributed by atoms with van der Waals surface area (Å²) in [6, 6.07) is 0. The smallest absolute Gasteiger partial charge is 0.320 e. The number of rotatable bonds is 7. The van der Waals surface area contributed by atoms with E-state index < -0.39 is 0 Å². The van der Waals surface area contributed by atoms with Crippen LogP contribution in [0, 0.1) is 0 Å². The molecule has 1 atom stereocenters. The molecule has 0 aliphatic carbocycles. The first-order valence-corrected chi connectivity index (χ1v) is 6.35. The van der Waals surface area contributed by atoms with E-state index in [9.17, 15) is 9.59 Å². The van der Waals surface area contributed by atoms with Crippen molar-refractivity contribution in [2.75, 3.05) is 13.7 Å². The monoisotopic (exact) mass is 327 g/mol. The molecule has 0 radical (unpaired) electrons. The van der Waals surface area contributed by atoms with Crippen LogP contribution in [0.1, 0.15) is 32.6 Å². The second-order valence-corrected chi connectivity index (χ2v) is 4.76. The van der Waals surface area contributed by atoms with Gasteiger partial charge in [0.05, 0.1) is 7.11 Å². The fraction of sp³-hybridized carbons (Fsp3) is 0.800. The van der Waals surface area contributed by atoms with Gasteiger partial charge in [-0.1, -0.05) is 42.4 Å². The lowest BCUT2D eigenvalue weighted by molar-refractivity contribution is -0.139. The average Bonchev–Trinajstić information content (AvgIpc) is 2.25. The molecule has 0 aliphatic rings. The van der Waals surface area contributed by atoms with Crippen molar-refractivity contribution in [2.45, 2.75) is 36.5 Å². The van der Waals surface area contributed by atoms with Gasteiger partial charge in [-0.25, -0.2) is 0 Å². The number of esters is 1. The van der Waals surface area contributed by atoms with Gasteiger partial charge in [0.1, 0.15) is 3.92 Å². The van der Waals surface area contributed by atoms with Crippen molar-refractivity contribution in [2.24, 2.45) is 0 Å². The Morgan fingerprint density at radius 1 is 1.40 bits per heavy atom. The summed E-state index contributed by atoms with van der Waals surface area (Å²) in [5.74, 6) is -0.293. The molecule has 0 rings (SSSR count). The number of hydrogen-bond donors (Lipinski definition) is 1. The molecule has 0 heterocycles. The third-order valence-electron chi connectivity index (χ3n) is 1.94. The van der Waals surface area contributed by atoms with Crippen LogP contribution in [0.5, 0.6) is 0 Å². The van der Waals surface area contributed by atoms with Gasteiger partial charge in [0.15, 0.2) is 0 Å². The van der Waals surface area contributed by atoms with Crippen molar-refractivity contribution in [3.8, 4) is 0 Å². The molecule has 15 heavy (non-hydrogen) atoms. The van der Waals surface area contributed by atoms with Crippen LogP contribution in [-0.2, 0) is 14.3 Å². The molecular formula is C10H18INO3. The molecule has 1 unspecified atom stereocenters. The van der Waals surface area contributed by atoms with Gasteiger partial charge in [-0.2, -0.15) is 0 Å². The molecule has 0 spiro atoms. The number of nitrogens with one attached hydrogen (secondary N) is 1. The minimum atomic E-state index is -0.303. The average molecular weight is 327 g/mol. The van der Waals surface area contributed by atoms with Crippen LogP contribution in [0.4, 0.5) is 0 Å². The summed E-state index contributed by atoms with van der Waals surface area (Å²) >= 11 is 1.96. The highest BCUT2D eigenvalue weighted by Crippen LogP contribution is 2.02. The van der Waals surface area contributed by atoms with Crippen molar-refractivity contribution >= 4 is 34.5 Å². The molecule has 1 amide bonds. The van der Waals surface area contributed by atoms with E-state index in [2.05, 4.69) is 17.0 Å². The van der Waals surface area contributed by atoms with Gasteiger partial charge >= 0.3 is 5.97 Å². The Hall–Kier alpha value is -0.330. The zero-order valence-electron chi connectivity index (χ0n) is 9.22. The van der Waals surface area contributed by atoms with Gasteiger partial charge in [-0.15, -0.1) is 0 Å². The van der Waals surface area contributed by atoms with Crippen LogP contribution in [0.15, 0.2) is 0 Å². The Kier molecular flexibility index (Phi) is 8.74. The number of carbonyl (C=O) groups is 2. The van der Waals surface area contributed by atoms with Gasteiger partial charge < -0.3 is 10.1 Å². The Morgan fingerprint density at radius 3 is 2.60 bits per heavy atom. The number of amides is 1. The van der Waals surface area contributed by atoms with E-state index in [0.717, 1.165) is 19.3 Å². The molecule has 1 N–H and O–H groups in total. The summed E-state index contributed by atoms with van der Waals surface area (Å²) in [6.07, 6.45) is 3.62. The lowest BCUT2D eigenvalue weighted by Gasteiger charge is -2.08. The summed E-state index contributed by atoms with van der Waals surface area (Å²) in [5.41, 5.74) is 0. The molecule has 5 heteroatoms. The summed E-state index contributed by atoms with van der Waals surface area (Å²) in [6.45, 7) is 2.44. The van der Waals surface area contributed by atoms with Crippen molar-refractivity contribution in [1.29, 1.82) is 0 Å². The highest BCUT2D eigenvalue weighted by molar-refractivity contribution is 14.1. The Labute approximate surface area is 104 Å². The molecule has 0 saturated heterocycles. The molecule has 0 aliphatic heterocycles. The topological polar surface area (TPSA) is 55.4 Å². The maximum atomic E-state index is 11.3. The summed E-state index contributed by atoms with van der Waals surface area (Å²) in [4.78, 5) is 22.3. The standard InChI is InChI=1S/C10H18INO3/c1-3-4-5-6-9(13)12-7-8(11)10(14)15-2/h8H,3-7H2,1-2H3,(H,12,13). The third kappa shape index (κ3) is 7.58. The summed E-state index contributed by atoms with van der Waals surface area (Å²) < 4.78 is 4.24. The molecule has 0 bridgehead atoms. The fourth-order valence-corrected chi connectivity index (χ4v) is 1.51. The predicted octanol–water partition coefficient (Wildman–Crippen LogP) is 1.66. The second-order valence-electron chi connectivity index (χ2n) is 3.25. The number of hydrogen-bond acceptors (Lipinski definition) is 3. The predicted molar refractivity (Wildman–Crippen MR) is 67.0 cm³/mol. The fourth-order valence-electron chi connectivity index (χ4n) is 1.04. The van der Waals surface area contributed by atoms with E-state index in [1.807, 2.05) is 22.6 Å². The number of unbranched alkanes of at least 4 members (excludes halogenated alkanes) is 2. The SMILES string of the molecule is CCCCCC(=O)NCC(I)C(=O)OC. The zero-order valence-corrected chi connectivity index (χ0v) is 11.4. The van der Waals surface area contributed by atoms with E-state index in [4.69, 9.17) is 0 Å². The molecule has 0 fully saturated rings. The summed E-state index contributed by atoms with van der Waals surface area (Å²) in [5, 5.41) is 2.71. The van der Waals surface area contributed by atoms with Crippen molar-refractivity contribution in [3.05, 3.63) is 0 Å². The maximum Gasteiger partial charge on any atom is 0.320 e. The molecule has 0 saturated carbocycles. The van der Waals surface area contributed by atoms with Gasteiger partial charge in [0, 0.05) is 13.0 Å². The van der Waals surface area contributed by atoms with Crippen LogP contribution in [0.25, 0.3) is 0 Å². The number of carbonyl (C=O) groups excluding carboxylic acids is 2. The van der Waals surface area contributed by atoms with E-state index in [0.29, 0.717) is 13.0 Å². The van der Waals surface area contributed by atoms with Gasteiger partial charge in [-0.3, -0.25) is 9.59 Å². The minimum Gasteiger partial charge on any atom is -0.468 e. The summed E-state index contributed by atoms with van der Waals surface area (Å²) in [7, 11) is 1.34. The van der Waals surface area contributed by atoms with Crippen LogP contribution in [0.3, 0.4) is 0 Å². The first-order chi connectivity index (χ1) is 7.11. The molecule has 4 nitrogen and oxygen atoms in total. The highest BCUT2D eigenvalue weighted by atomic mass is 127. The molecule has 88 valence electrons. The number of ether oxygens (including phenoxy) is 1. The number of halogens is 1. The number of alkyl halides is 1. The van der Waals surface area contributed by atoms with E-state index >= 15 is 0 Å². The quantitative estimate of drug-likeness (QED) is 0.335. The Balaban J connectivity index is 3.57. The maximum absolute atomic E-state index is 11.3. The van der Waals surface area contributed by atoms with Gasteiger partial charge in [0.2, 0.25) is 5.91 Å². The highest BCUT2D eigenvalue weighted by Gasteiger charge is 2.15. The van der Waals surface area contributed by atoms with Crippen LogP contribution < -0.4 is 5.32 Å². The zero-order chi connectivity index (χ0) is 11.7. The van der Waals surface area contributed by atoms with Gasteiger partial charge in [-0.05, 0) is 6.42 Å². The van der Waals surface area contributed by atoms with Crippen molar-refractivity contribution < 1.29 is 14.3 Å². The largest absolute Gasteiger partial charge is 0.468 e. The molecular weight excluding hydrogens is 309 g/mol. The second kappa shape index (κ2) is 8.94. The van der Waals surface area contributed by atoms with E-state index in [1.54, 1.807) is 0 Å².